The molecule has 0 saturated heterocycles. The van der Waals surface area contributed by atoms with E-state index in [1.165, 1.54) is 11.1 Å². The van der Waals surface area contributed by atoms with E-state index in [-0.39, 0.29) is 32.7 Å². The fourth-order valence-electron chi connectivity index (χ4n) is 0.839. The summed E-state index contributed by atoms with van der Waals surface area (Å²) >= 11 is 3.39. The molecule has 0 aliphatic carbocycles. The van der Waals surface area contributed by atoms with E-state index in [0.717, 1.165) is 4.47 Å². The molecule has 0 spiro atoms. The van der Waals surface area contributed by atoms with E-state index in [4.69, 9.17) is 0 Å². The van der Waals surface area contributed by atoms with Crippen LogP contribution in [0, 0.1) is 19.9 Å². The van der Waals surface area contributed by atoms with Crippen LogP contribution in [0.1, 0.15) is 11.1 Å². The normalized spacial score (nSPS) is 8.70. The minimum absolute atomic E-state index is 0. The van der Waals surface area contributed by atoms with Crippen LogP contribution >= 0.6 is 15.9 Å². The molecular weight excluding hydrogens is 265 g/mol. The monoisotopic (exact) mass is 272 g/mol. The van der Waals surface area contributed by atoms with Gasteiger partial charge in [-0.1, -0.05) is 34.3 Å². The number of rotatable bonds is 0. The van der Waals surface area contributed by atoms with Crippen molar-refractivity contribution >= 4 is 15.9 Å². The van der Waals surface area contributed by atoms with Crippen molar-refractivity contribution in [2.45, 2.75) is 13.8 Å². The Balaban J connectivity index is 0.000000810. The summed E-state index contributed by atoms with van der Waals surface area (Å²) in [4.78, 5) is 0. The standard InChI is InChI=1S/C8H8Br.Y/c1-6-3-7(2)5-8(9)4-6;/h4-5H,1-2H3;/q-1;. The molecule has 1 radical (unpaired) electrons. The second-order valence-corrected chi connectivity index (χ2v) is 3.08. The predicted molar refractivity (Wildman–Crippen MR) is 42.5 cm³/mol. The maximum absolute atomic E-state index is 3.39. The van der Waals surface area contributed by atoms with Crippen LogP contribution in [0.25, 0.3) is 0 Å². The first-order valence-electron chi connectivity index (χ1n) is 2.84. The Morgan fingerprint density at radius 2 is 1.60 bits per heavy atom. The number of hydrogen-bond acceptors (Lipinski definition) is 0. The van der Waals surface area contributed by atoms with E-state index in [9.17, 15) is 0 Å². The summed E-state index contributed by atoms with van der Waals surface area (Å²) in [6, 6.07) is 7.28. The fourth-order valence-corrected chi connectivity index (χ4v) is 1.53. The molecule has 1 aromatic carbocycles. The van der Waals surface area contributed by atoms with E-state index in [1.54, 1.807) is 0 Å². The van der Waals surface area contributed by atoms with Crippen LogP contribution in [0.4, 0.5) is 0 Å². The SMILES string of the molecule is Cc1[c-]c(C)cc(Br)c1.[Y]. The van der Waals surface area contributed by atoms with Gasteiger partial charge in [-0.05, 0) is 0 Å². The third-order valence-corrected chi connectivity index (χ3v) is 1.56. The van der Waals surface area contributed by atoms with Crippen LogP contribution in [0.15, 0.2) is 16.6 Å². The number of hydrogen-bond donors (Lipinski definition) is 0. The Morgan fingerprint density at radius 1 is 1.20 bits per heavy atom. The van der Waals surface area contributed by atoms with Crippen LogP contribution in [0.3, 0.4) is 0 Å². The Labute approximate surface area is 95.4 Å². The summed E-state index contributed by atoms with van der Waals surface area (Å²) in [5.41, 5.74) is 2.36. The first-order chi connectivity index (χ1) is 4.18. The third kappa shape index (κ3) is 3.27. The van der Waals surface area contributed by atoms with E-state index in [2.05, 4.69) is 22.0 Å². The van der Waals surface area contributed by atoms with Gasteiger partial charge in [0.1, 0.15) is 0 Å². The third-order valence-electron chi connectivity index (χ3n) is 1.10. The number of benzene rings is 1. The predicted octanol–water partition coefficient (Wildman–Crippen LogP) is 2.86. The van der Waals surface area contributed by atoms with Gasteiger partial charge in [-0.3, -0.25) is 0 Å². The fraction of sp³-hybridized carbons (Fsp3) is 0.250. The van der Waals surface area contributed by atoms with Gasteiger partial charge in [-0.25, -0.2) is 0 Å². The molecule has 1 rings (SSSR count). The van der Waals surface area contributed by atoms with Gasteiger partial charge in [0.25, 0.3) is 0 Å². The summed E-state index contributed by atoms with van der Waals surface area (Å²) < 4.78 is 1.14. The minimum Gasteiger partial charge on any atom is -0.177 e. The zero-order valence-electron chi connectivity index (χ0n) is 6.11. The van der Waals surface area contributed by atoms with Crippen molar-refractivity contribution in [3.8, 4) is 0 Å². The molecule has 0 fully saturated rings. The zero-order valence-corrected chi connectivity index (χ0v) is 10.5. The van der Waals surface area contributed by atoms with Gasteiger partial charge in [0.15, 0.2) is 0 Å². The smallest absolute Gasteiger partial charge is 0 e. The Morgan fingerprint density at radius 3 is 1.90 bits per heavy atom. The first kappa shape index (κ1) is 10.8. The Bertz CT molecular complexity index is 170. The van der Waals surface area contributed by atoms with Gasteiger partial charge < -0.3 is 0 Å². The second kappa shape index (κ2) is 4.64. The molecule has 1 aromatic rings. The van der Waals surface area contributed by atoms with Crippen LogP contribution in [-0.2, 0) is 32.7 Å². The van der Waals surface area contributed by atoms with Crippen molar-refractivity contribution in [3.63, 3.8) is 0 Å². The molecule has 0 nitrogen and oxygen atoms in total. The van der Waals surface area contributed by atoms with Gasteiger partial charge in [0.2, 0.25) is 0 Å². The van der Waals surface area contributed by atoms with Crippen molar-refractivity contribution in [2.24, 2.45) is 0 Å². The largest absolute Gasteiger partial charge is 0.177 e. The molecule has 0 bridgehead atoms. The zero-order chi connectivity index (χ0) is 6.85. The average molecular weight is 273 g/mol. The number of aryl methyl sites for hydroxylation is 2. The Hall–Kier alpha value is 0.804. The van der Waals surface area contributed by atoms with Crippen molar-refractivity contribution in [1.82, 2.24) is 0 Å². The molecule has 0 N–H and O–H groups in total. The van der Waals surface area contributed by atoms with Gasteiger partial charge in [-0.2, -0.15) is 29.3 Å². The summed E-state index contributed by atoms with van der Waals surface area (Å²) in [5.74, 6) is 0. The van der Waals surface area contributed by atoms with Gasteiger partial charge >= 0.3 is 0 Å². The molecule has 0 atom stereocenters. The van der Waals surface area contributed by atoms with Crippen molar-refractivity contribution < 1.29 is 32.7 Å². The average Bonchev–Trinajstić information content (AvgIpc) is 1.59. The number of halogens is 1. The molecule has 0 unspecified atom stereocenters. The molecular formula is C8H8BrY-. The second-order valence-electron chi connectivity index (χ2n) is 2.16. The molecule has 0 amide bonds. The van der Waals surface area contributed by atoms with Gasteiger partial charge in [0, 0.05) is 32.7 Å². The molecule has 10 heavy (non-hydrogen) atoms. The van der Waals surface area contributed by atoms with Crippen LogP contribution in [-0.4, -0.2) is 0 Å². The van der Waals surface area contributed by atoms with E-state index >= 15 is 0 Å². The molecule has 2 heteroatoms. The van der Waals surface area contributed by atoms with Crippen LogP contribution in [0.5, 0.6) is 0 Å². The van der Waals surface area contributed by atoms with Crippen LogP contribution < -0.4 is 0 Å². The molecule has 0 heterocycles. The molecule has 51 valence electrons. The van der Waals surface area contributed by atoms with Crippen LogP contribution in [0.2, 0.25) is 0 Å². The summed E-state index contributed by atoms with van der Waals surface area (Å²) in [6.07, 6.45) is 0. The summed E-state index contributed by atoms with van der Waals surface area (Å²) in [5, 5.41) is 0. The van der Waals surface area contributed by atoms with Gasteiger partial charge in [0.05, 0.1) is 0 Å². The van der Waals surface area contributed by atoms with E-state index in [1.807, 2.05) is 26.0 Å². The molecule has 0 aliphatic rings. The van der Waals surface area contributed by atoms with Crippen molar-refractivity contribution in [1.29, 1.82) is 0 Å². The quantitative estimate of drug-likeness (QED) is 0.637. The molecule has 0 aromatic heterocycles. The van der Waals surface area contributed by atoms with E-state index < -0.39 is 0 Å². The van der Waals surface area contributed by atoms with E-state index in [0.29, 0.717) is 0 Å². The minimum atomic E-state index is 0. The van der Waals surface area contributed by atoms with Crippen molar-refractivity contribution in [3.05, 3.63) is 33.8 Å². The summed E-state index contributed by atoms with van der Waals surface area (Å²) in [6.45, 7) is 4.08. The summed E-state index contributed by atoms with van der Waals surface area (Å²) in [7, 11) is 0. The maximum atomic E-state index is 3.39. The Kier molecular flexibility index (Phi) is 5.01. The van der Waals surface area contributed by atoms with Crippen molar-refractivity contribution in [2.75, 3.05) is 0 Å². The topological polar surface area (TPSA) is 0 Å². The first-order valence-corrected chi connectivity index (χ1v) is 3.64. The molecule has 0 aliphatic heterocycles. The maximum Gasteiger partial charge on any atom is 0 e. The molecule has 0 saturated carbocycles. The van der Waals surface area contributed by atoms with Gasteiger partial charge in [-0.15, -0.1) is 0 Å².